The van der Waals surface area contributed by atoms with E-state index in [0.717, 1.165) is 12.8 Å². The summed E-state index contributed by atoms with van der Waals surface area (Å²) in [5.41, 5.74) is -0.229. The second kappa shape index (κ2) is 15.6. The molecule has 284 valence electrons. The number of carbonyl (C=O) groups excluding carboxylic acids is 3. The highest BCUT2D eigenvalue weighted by Gasteiger charge is 2.61. The first-order valence-electron chi connectivity index (χ1n) is 18.4. The van der Waals surface area contributed by atoms with Gasteiger partial charge in [-0.25, -0.2) is 14.3 Å². The smallest absolute Gasteiger partial charge is 0.408 e. The van der Waals surface area contributed by atoms with Crippen molar-refractivity contribution in [1.29, 1.82) is 10.5 Å². The van der Waals surface area contributed by atoms with Gasteiger partial charge in [-0.1, -0.05) is 49.3 Å². The molecule has 55 heavy (non-hydrogen) atoms. The van der Waals surface area contributed by atoms with Crippen LogP contribution in [0.25, 0.3) is 22.3 Å². The van der Waals surface area contributed by atoms with Gasteiger partial charge in [-0.05, 0) is 81.8 Å². The highest BCUT2D eigenvalue weighted by Crippen LogP contribution is 2.45. The number of ether oxygens (including phenoxy) is 1. The molecule has 3 amide bonds. The molecule has 1 aromatic heterocycles. The molecule has 3 aliphatic rings. The number of aromatic nitrogens is 2. The normalized spacial score (nSPS) is 24.7. The number of nitrogens with one attached hydrogen (secondary N) is 2. The lowest BCUT2D eigenvalue weighted by molar-refractivity contribution is -0.145. The number of carbonyl (C=O) groups is 4. The molecule has 2 aliphatic heterocycles. The minimum absolute atomic E-state index is 0.0666. The zero-order valence-electron chi connectivity index (χ0n) is 30.9. The van der Waals surface area contributed by atoms with E-state index in [1.165, 1.54) is 15.8 Å². The minimum atomic E-state index is -1.53. The van der Waals surface area contributed by atoms with Crippen molar-refractivity contribution in [3.63, 3.8) is 0 Å². The maximum absolute atomic E-state index is 14.6. The Morgan fingerprint density at radius 3 is 2.25 bits per heavy atom. The number of amides is 3. The second-order valence-electron chi connectivity index (χ2n) is 15.3. The molecule has 0 radical (unpaired) electrons. The first-order chi connectivity index (χ1) is 26.2. The Bertz CT molecular complexity index is 2160. The summed E-state index contributed by atoms with van der Waals surface area (Å²) >= 11 is 0. The number of nitrogens with zero attached hydrogens (tertiary/aromatic N) is 5. The van der Waals surface area contributed by atoms with E-state index in [4.69, 9.17) is 4.74 Å². The molecule has 3 aromatic rings. The number of fused-ring (bicyclic) bond motifs is 2. The number of allylic oxidation sites excluding steroid dienone is 1. The maximum atomic E-state index is 14.6. The fraction of sp³-hybridized carbons (Fsp3) is 0.415. The van der Waals surface area contributed by atoms with E-state index < -0.39 is 64.6 Å². The van der Waals surface area contributed by atoms with E-state index in [1.807, 2.05) is 12.2 Å². The maximum Gasteiger partial charge on any atom is 0.408 e. The van der Waals surface area contributed by atoms with Crippen molar-refractivity contribution in [1.82, 2.24) is 25.3 Å². The quantitative estimate of drug-likeness (QED) is 0.303. The van der Waals surface area contributed by atoms with Crippen LogP contribution in [0.2, 0.25) is 0 Å². The monoisotopic (exact) mass is 745 g/mol. The fourth-order valence-electron chi connectivity index (χ4n) is 7.37. The average Bonchev–Trinajstić information content (AvgIpc) is 3.67. The largest absolute Gasteiger partial charge is 0.479 e. The number of hydrogen-bond donors (Lipinski definition) is 3. The number of rotatable bonds is 5. The summed E-state index contributed by atoms with van der Waals surface area (Å²) in [4.78, 5) is 70.2. The zero-order chi connectivity index (χ0) is 39.5. The summed E-state index contributed by atoms with van der Waals surface area (Å²) in [5.74, 6) is -2.85. The molecule has 0 spiro atoms. The lowest BCUT2D eigenvalue weighted by Crippen LogP contribution is -2.56. The Hall–Kier alpha value is -6.28. The summed E-state index contributed by atoms with van der Waals surface area (Å²) in [6.45, 7) is 4.98. The summed E-state index contributed by atoms with van der Waals surface area (Å²) in [6, 6.07) is 14.2. The zero-order valence-corrected chi connectivity index (χ0v) is 30.9. The van der Waals surface area contributed by atoms with E-state index in [1.54, 1.807) is 69.3 Å². The van der Waals surface area contributed by atoms with Crippen molar-refractivity contribution in [3.8, 4) is 34.4 Å². The Balaban J connectivity index is 1.41. The molecule has 1 aliphatic carbocycles. The molecule has 5 atom stereocenters. The molecule has 2 fully saturated rings. The summed E-state index contributed by atoms with van der Waals surface area (Å²) in [5, 5.41) is 39.0. The van der Waals surface area contributed by atoms with Gasteiger partial charge in [0, 0.05) is 24.4 Å². The summed E-state index contributed by atoms with van der Waals surface area (Å²) in [6.07, 6.45) is 7.67. The van der Waals surface area contributed by atoms with Gasteiger partial charge in [-0.2, -0.15) is 15.6 Å². The lowest BCUT2D eigenvalue weighted by Gasteiger charge is -2.30. The van der Waals surface area contributed by atoms with Crippen molar-refractivity contribution >= 4 is 23.9 Å². The van der Waals surface area contributed by atoms with E-state index in [-0.39, 0.29) is 31.4 Å². The SMILES string of the molecule is CC(C)(C)OC(=O)N[C@H]1CCCCC/C=C\[C@H]2C[C@@]2(C(=O)O)NC(=O)[C@@H]2C[C@H](n3ncc(-c4ccc(C#N)cc4)c(-c4ccc(C#N)cc4)c3=O)CN2C1=O. The van der Waals surface area contributed by atoms with Crippen LogP contribution in [0.15, 0.2) is 71.7 Å². The van der Waals surface area contributed by atoms with Crippen LogP contribution in [-0.4, -0.2) is 73.4 Å². The van der Waals surface area contributed by atoms with Crippen molar-refractivity contribution in [3.05, 3.63) is 88.4 Å². The van der Waals surface area contributed by atoms with Crippen LogP contribution in [0.5, 0.6) is 0 Å². The van der Waals surface area contributed by atoms with Gasteiger partial charge in [0.25, 0.3) is 5.56 Å². The van der Waals surface area contributed by atoms with Crippen molar-refractivity contribution in [2.75, 3.05) is 6.54 Å². The topological polar surface area (TPSA) is 208 Å². The fourth-order valence-corrected chi connectivity index (χ4v) is 7.37. The summed E-state index contributed by atoms with van der Waals surface area (Å²) in [7, 11) is 0. The van der Waals surface area contributed by atoms with Crippen molar-refractivity contribution in [2.24, 2.45) is 5.92 Å². The molecule has 3 N–H and O–H groups in total. The van der Waals surface area contributed by atoms with Gasteiger partial charge in [-0.15, -0.1) is 0 Å². The standard InChI is InChI=1S/C41H43N7O7/c1-40(2,3)55-39(54)45-32-10-8-6-4-5-7-9-29-20-41(29,38(52)53)46-35(49)33-19-30(24-47(33)36(32)50)48-37(51)34(28-17-13-26(22-43)14-18-28)31(23-44-48)27-15-11-25(21-42)12-16-27/h7,9,11-18,23,29-30,32-33H,4-6,8,10,19-20,24H2,1-3H3,(H,45,54)(H,46,49)(H,52,53)/b9-7-/t29-,30-,32-,33-,41+/m0/s1. The van der Waals surface area contributed by atoms with Gasteiger partial charge in [0.05, 0.1) is 41.1 Å². The lowest BCUT2D eigenvalue weighted by atomic mass is 9.96. The summed E-state index contributed by atoms with van der Waals surface area (Å²) < 4.78 is 6.71. The van der Waals surface area contributed by atoms with Gasteiger partial charge >= 0.3 is 12.1 Å². The minimum Gasteiger partial charge on any atom is -0.479 e. The molecule has 0 unspecified atom stereocenters. The van der Waals surface area contributed by atoms with Crippen LogP contribution >= 0.6 is 0 Å². The third-order valence-electron chi connectivity index (χ3n) is 10.3. The van der Waals surface area contributed by atoms with Crippen molar-refractivity contribution < 1.29 is 29.0 Å². The van der Waals surface area contributed by atoms with Crippen LogP contribution in [0, 0.1) is 28.6 Å². The number of benzene rings is 2. The predicted molar refractivity (Wildman–Crippen MR) is 200 cm³/mol. The van der Waals surface area contributed by atoms with Crippen LogP contribution in [0.3, 0.4) is 0 Å². The second-order valence-corrected chi connectivity index (χ2v) is 15.3. The number of aliphatic carboxylic acids is 1. The van der Waals surface area contributed by atoms with E-state index in [0.29, 0.717) is 40.7 Å². The molecule has 14 heteroatoms. The number of carboxylic acid groups (broad SMARTS) is 1. The third kappa shape index (κ3) is 8.29. The Kier molecular flexibility index (Phi) is 10.9. The number of carboxylic acids is 1. The van der Waals surface area contributed by atoms with E-state index in [2.05, 4.69) is 27.9 Å². The predicted octanol–water partition coefficient (Wildman–Crippen LogP) is 4.84. The Morgan fingerprint density at radius 2 is 1.64 bits per heavy atom. The van der Waals surface area contributed by atoms with Gasteiger partial charge in [0.2, 0.25) is 11.8 Å². The van der Waals surface area contributed by atoms with Crippen LogP contribution in [0.1, 0.15) is 82.9 Å². The molecule has 0 bridgehead atoms. The number of nitriles is 2. The third-order valence-corrected chi connectivity index (χ3v) is 10.3. The van der Waals surface area contributed by atoms with Crippen LogP contribution in [0.4, 0.5) is 4.79 Å². The molecule has 1 saturated heterocycles. The highest BCUT2D eigenvalue weighted by molar-refractivity contribution is 5.96. The van der Waals surface area contributed by atoms with E-state index >= 15 is 0 Å². The van der Waals surface area contributed by atoms with Crippen LogP contribution < -0.4 is 16.2 Å². The first kappa shape index (κ1) is 38.4. The molecule has 2 aromatic carbocycles. The van der Waals surface area contributed by atoms with Gasteiger partial charge in [0.1, 0.15) is 23.2 Å². The van der Waals surface area contributed by atoms with Crippen molar-refractivity contribution in [2.45, 2.75) is 95.0 Å². The molecule has 6 rings (SSSR count). The van der Waals surface area contributed by atoms with Gasteiger partial charge < -0.3 is 25.4 Å². The van der Waals surface area contributed by atoms with Gasteiger partial charge in [-0.3, -0.25) is 14.4 Å². The van der Waals surface area contributed by atoms with E-state index in [9.17, 15) is 39.6 Å². The first-order valence-corrected chi connectivity index (χ1v) is 18.4. The Labute approximate surface area is 318 Å². The molecule has 3 heterocycles. The highest BCUT2D eigenvalue weighted by atomic mass is 16.6. The van der Waals surface area contributed by atoms with Crippen LogP contribution in [-0.2, 0) is 19.1 Å². The molecular weight excluding hydrogens is 702 g/mol. The number of hydrogen-bond acceptors (Lipinski definition) is 9. The Morgan fingerprint density at radius 1 is 0.982 bits per heavy atom. The molecule has 14 nitrogen and oxygen atoms in total. The number of alkyl carbamates (subject to hydrolysis) is 1. The average molecular weight is 746 g/mol. The molecular formula is C41H43N7O7. The van der Waals surface area contributed by atoms with Gasteiger partial charge in [0.15, 0.2) is 0 Å². The molecule has 1 saturated carbocycles.